The zero-order chi connectivity index (χ0) is 18.0. The molecule has 1 N–H and O–H groups in total. The molecule has 0 spiro atoms. The minimum Gasteiger partial charge on any atom is -0.345 e. The third-order valence-corrected chi connectivity index (χ3v) is 5.70. The Kier molecular flexibility index (Phi) is 4.20. The molecule has 0 aliphatic heterocycles. The Balaban J connectivity index is 1.53. The summed E-state index contributed by atoms with van der Waals surface area (Å²) < 4.78 is 0. The number of aryl methyl sites for hydroxylation is 1. The summed E-state index contributed by atoms with van der Waals surface area (Å²) in [4.78, 5) is 25.1. The number of nitrogens with zero attached hydrogens (tertiary/aromatic N) is 3. The fourth-order valence-corrected chi connectivity index (χ4v) is 4.36. The first-order chi connectivity index (χ1) is 12.6. The third-order valence-electron chi connectivity index (χ3n) is 5.70. The van der Waals surface area contributed by atoms with Crippen LogP contribution in [0, 0.1) is 24.2 Å². The van der Waals surface area contributed by atoms with Crippen LogP contribution < -0.4 is 5.32 Å². The molecule has 2 atom stereocenters. The van der Waals surface area contributed by atoms with E-state index in [0.717, 1.165) is 49.8 Å². The van der Waals surface area contributed by atoms with Gasteiger partial charge in [-0.3, -0.25) is 9.78 Å². The number of aromatic nitrogens is 3. The van der Waals surface area contributed by atoms with Crippen molar-refractivity contribution in [3.63, 3.8) is 0 Å². The Bertz CT molecular complexity index is 886. The quantitative estimate of drug-likeness (QED) is 0.849. The molecule has 2 aliphatic carbocycles. The summed E-state index contributed by atoms with van der Waals surface area (Å²) >= 11 is 0. The van der Waals surface area contributed by atoms with E-state index in [4.69, 9.17) is 0 Å². The van der Waals surface area contributed by atoms with Gasteiger partial charge in [0.2, 0.25) is 0 Å². The molecule has 2 saturated carbocycles. The average molecular weight is 346 g/mol. The number of carbonyl (C=O) groups is 1. The molecule has 5 heteroatoms. The van der Waals surface area contributed by atoms with Crippen LogP contribution in [-0.4, -0.2) is 26.4 Å². The molecular weight excluding hydrogens is 324 g/mol. The lowest BCUT2D eigenvalue weighted by atomic mass is 9.73. The molecule has 2 aromatic heterocycles. The van der Waals surface area contributed by atoms with E-state index in [0.29, 0.717) is 5.69 Å². The SMILES string of the molecule is Cc1cccnc1C#C[C@@]12CCC[C@@](NC(=O)c3cnccn3)(CC1)C2. The van der Waals surface area contributed by atoms with Gasteiger partial charge in [-0.25, -0.2) is 9.97 Å². The second kappa shape index (κ2) is 6.53. The van der Waals surface area contributed by atoms with E-state index in [-0.39, 0.29) is 16.9 Å². The van der Waals surface area contributed by atoms with Crippen LogP contribution in [0.2, 0.25) is 0 Å². The first kappa shape index (κ1) is 16.7. The molecule has 2 fully saturated rings. The van der Waals surface area contributed by atoms with E-state index in [1.165, 1.54) is 6.20 Å². The normalized spacial score (nSPS) is 26.7. The zero-order valence-electron chi connectivity index (χ0n) is 15.0. The Morgan fingerprint density at radius 3 is 2.88 bits per heavy atom. The van der Waals surface area contributed by atoms with Gasteiger partial charge in [-0.15, -0.1) is 0 Å². The molecule has 0 saturated heterocycles. The highest BCUT2D eigenvalue weighted by atomic mass is 16.2. The van der Waals surface area contributed by atoms with Gasteiger partial charge in [0, 0.05) is 29.5 Å². The highest BCUT2D eigenvalue weighted by molar-refractivity contribution is 5.92. The van der Waals surface area contributed by atoms with Crippen molar-refractivity contribution < 1.29 is 4.79 Å². The monoisotopic (exact) mass is 346 g/mol. The number of pyridine rings is 1. The van der Waals surface area contributed by atoms with E-state index in [1.807, 2.05) is 19.1 Å². The van der Waals surface area contributed by atoms with Crippen molar-refractivity contribution >= 4 is 5.91 Å². The van der Waals surface area contributed by atoms with Gasteiger partial charge in [-0.1, -0.05) is 12.0 Å². The standard InChI is InChI=1S/C21H22N4O/c1-16-4-2-11-23-17(16)5-8-20-6-3-7-21(15-20,10-9-20)25-19(26)18-14-22-12-13-24-18/h2,4,11-14H,3,6-7,9-10,15H2,1H3,(H,25,26)/t20-,21+/m0/s1. The number of hydrogen-bond donors (Lipinski definition) is 1. The maximum Gasteiger partial charge on any atom is 0.271 e. The minimum absolute atomic E-state index is 0.0160. The largest absolute Gasteiger partial charge is 0.345 e. The van der Waals surface area contributed by atoms with Gasteiger partial charge in [0.15, 0.2) is 0 Å². The Hall–Kier alpha value is -2.74. The van der Waals surface area contributed by atoms with E-state index < -0.39 is 0 Å². The predicted molar refractivity (Wildman–Crippen MR) is 98.2 cm³/mol. The van der Waals surface area contributed by atoms with Crippen LogP contribution in [0.4, 0.5) is 0 Å². The first-order valence-corrected chi connectivity index (χ1v) is 9.13. The summed E-state index contributed by atoms with van der Waals surface area (Å²) in [5.74, 6) is 6.70. The Labute approximate surface area is 153 Å². The fraction of sp³-hybridized carbons (Fsp3) is 0.429. The van der Waals surface area contributed by atoms with Crippen molar-refractivity contribution in [3.8, 4) is 11.8 Å². The zero-order valence-corrected chi connectivity index (χ0v) is 15.0. The van der Waals surface area contributed by atoms with Crippen molar-refractivity contribution in [1.82, 2.24) is 20.3 Å². The summed E-state index contributed by atoms with van der Waals surface area (Å²) in [6, 6.07) is 3.97. The predicted octanol–water partition coefficient (Wildman–Crippen LogP) is 3.05. The van der Waals surface area contributed by atoms with Crippen molar-refractivity contribution in [3.05, 3.63) is 53.9 Å². The molecule has 2 aromatic rings. The summed E-state index contributed by atoms with van der Waals surface area (Å²) in [5, 5.41) is 3.25. The van der Waals surface area contributed by atoms with Crippen LogP contribution in [0.3, 0.4) is 0 Å². The minimum atomic E-state index is -0.166. The molecule has 4 rings (SSSR count). The van der Waals surface area contributed by atoms with E-state index >= 15 is 0 Å². The summed E-state index contributed by atoms with van der Waals surface area (Å²) in [5.41, 5.74) is 2.15. The van der Waals surface area contributed by atoms with Gasteiger partial charge in [-0.05, 0) is 63.0 Å². The van der Waals surface area contributed by atoms with Crippen LogP contribution in [0.1, 0.15) is 60.3 Å². The van der Waals surface area contributed by atoms with Gasteiger partial charge in [0.1, 0.15) is 11.4 Å². The number of nitrogens with one attached hydrogen (secondary N) is 1. The van der Waals surface area contributed by atoms with Crippen LogP contribution >= 0.6 is 0 Å². The molecule has 1 amide bonds. The van der Waals surface area contributed by atoms with Gasteiger partial charge >= 0.3 is 0 Å². The second-order valence-electron chi connectivity index (χ2n) is 7.55. The average Bonchev–Trinajstić information content (AvgIpc) is 2.92. The number of carbonyl (C=O) groups excluding carboxylic acids is 1. The van der Waals surface area contributed by atoms with E-state index in [1.54, 1.807) is 18.6 Å². The number of rotatable bonds is 2. The van der Waals surface area contributed by atoms with Gasteiger partial charge in [0.05, 0.1) is 6.20 Å². The summed E-state index contributed by atoms with van der Waals surface area (Å²) in [7, 11) is 0. The lowest BCUT2D eigenvalue weighted by Gasteiger charge is -2.37. The second-order valence-corrected chi connectivity index (χ2v) is 7.55. The number of amides is 1. The smallest absolute Gasteiger partial charge is 0.271 e. The molecule has 0 radical (unpaired) electrons. The van der Waals surface area contributed by atoms with E-state index in [2.05, 4.69) is 32.1 Å². The lowest BCUT2D eigenvalue weighted by Crippen LogP contribution is -2.49. The first-order valence-electron chi connectivity index (χ1n) is 9.13. The summed E-state index contributed by atoms with van der Waals surface area (Å²) in [6.07, 6.45) is 12.5. The molecule has 132 valence electrons. The Morgan fingerprint density at radius 1 is 1.15 bits per heavy atom. The van der Waals surface area contributed by atoms with Crippen LogP contribution in [0.15, 0.2) is 36.9 Å². The van der Waals surface area contributed by atoms with Crippen molar-refractivity contribution in [2.24, 2.45) is 5.41 Å². The molecule has 5 nitrogen and oxygen atoms in total. The summed E-state index contributed by atoms with van der Waals surface area (Å²) in [6.45, 7) is 2.04. The third kappa shape index (κ3) is 3.20. The van der Waals surface area contributed by atoms with Crippen molar-refractivity contribution in [1.29, 1.82) is 0 Å². The molecule has 2 bridgehead atoms. The van der Waals surface area contributed by atoms with Gasteiger partial charge < -0.3 is 5.32 Å². The van der Waals surface area contributed by atoms with Gasteiger partial charge in [0.25, 0.3) is 5.91 Å². The molecule has 2 aliphatic rings. The maximum atomic E-state index is 12.6. The molecule has 2 heterocycles. The molecule has 0 aromatic carbocycles. The van der Waals surface area contributed by atoms with Crippen molar-refractivity contribution in [2.75, 3.05) is 0 Å². The maximum absolute atomic E-state index is 12.6. The lowest BCUT2D eigenvalue weighted by molar-refractivity contribution is 0.0866. The number of hydrogen-bond acceptors (Lipinski definition) is 4. The van der Waals surface area contributed by atoms with Crippen LogP contribution in [0.5, 0.6) is 0 Å². The van der Waals surface area contributed by atoms with E-state index in [9.17, 15) is 4.79 Å². The highest BCUT2D eigenvalue weighted by Crippen LogP contribution is 2.53. The van der Waals surface area contributed by atoms with Crippen LogP contribution in [0.25, 0.3) is 0 Å². The van der Waals surface area contributed by atoms with Gasteiger partial charge in [-0.2, -0.15) is 0 Å². The van der Waals surface area contributed by atoms with Crippen LogP contribution in [-0.2, 0) is 0 Å². The Morgan fingerprint density at radius 2 is 2.08 bits per heavy atom. The fourth-order valence-electron chi connectivity index (χ4n) is 4.36. The number of fused-ring (bicyclic) bond motifs is 2. The van der Waals surface area contributed by atoms with Crippen molar-refractivity contribution in [2.45, 2.75) is 51.0 Å². The topological polar surface area (TPSA) is 67.8 Å². The highest BCUT2D eigenvalue weighted by Gasteiger charge is 2.51. The molecule has 0 unspecified atom stereocenters. The molecule has 26 heavy (non-hydrogen) atoms. The molecular formula is C21H22N4O.